The summed E-state index contributed by atoms with van der Waals surface area (Å²) in [6, 6.07) is 17.4. The number of hydrogen-bond acceptors (Lipinski definition) is 3. The lowest BCUT2D eigenvalue weighted by atomic mass is 9.90. The van der Waals surface area contributed by atoms with Crippen LogP contribution in [0, 0.1) is 6.92 Å². The Kier molecular flexibility index (Phi) is 7.31. The Balaban J connectivity index is 2.01. The predicted octanol–water partition coefficient (Wildman–Crippen LogP) is 5.20. The lowest BCUT2D eigenvalue weighted by Crippen LogP contribution is -2.77. The Morgan fingerprint density at radius 1 is 1.00 bits per heavy atom. The number of rotatable bonds is 9. The summed E-state index contributed by atoms with van der Waals surface area (Å²) in [6.45, 7) is 8.22. The molecule has 176 valence electrons. The summed E-state index contributed by atoms with van der Waals surface area (Å²) in [5.74, 6) is -0.205. The first-order chi connectivity index (χ1) is 16.5. The lowest BCUT2D eigenvalue weighted by Gasteiger charge is -2.18. The van der Waals surface area contributed by atoms with E-state index in [9.17, 15) is 9.90 Å². The van der Waals surface area contributed by atoms with Crippen molar-refractivity contribution in [1.82, 2.24) is 0 Å². The summed E-state index contributed by atoms with van der Waals surface area (Å²) in [5.41, 5.74) is 5.60. The fraction of sp³-hybridized carbons (Fsp3) is 0.310. The van der Waals surface area contributed by atoms with E-state index in [-0.39, 0.29) is 5.56 Å². The van der Waals surface area contributed by atoms with E-state index in [4.69, 9.17) is 4.42 Å². The van der Waals surface area contributed by atoms with Crippen LogP contribution in [0.5, 0.6) is 0 Å². The lowest BCUT2D eigenvalue weighted by molar-refractivity contribution is -0.501. The van der Waals surface area contributed by atoms with Crippen LogP contribution in [-0.4, -0.2) is 24.2 Å². The third kappa shape index (κ3) is 4.84. The average molecular weight is 458 g/mol. The topological polar surface area (TPSA) is 76.4 Å². The Bertz CT molecular complexity index is 1350. The van der Waals surface area contributed by atoms with E-state index in [0.717, 1.165) is 83.2 Å². The van der Waals surface area contributed by atoms with Crippen LogP contribution in [0.3, 0.4) is 0 Å². The monoisotopic (exact) mass is 457 g/mol. The van der Waals surface area contributed by atoms with Gasteiger partial charge in [0.25, 0.3) is 0 Å². The largest absolute Gasteiger partial charge is 0.478 e. The van der Waals surface area contributed by atoms with Crippen LogP contribution in [0.4, 0.5) is 5.69 Å². The first-order valence-corrected chi connectivity index (χ1v) is 12.2. The summed E-state index contributed by atoms with van der Waals surface area (Å²) in [6.07, 6.45) is 4.43. The zero-order chi connectivity index (χ0) is 24.1. The van der Waals surface area contributed by atoms with Crippen LogP contribution in [0.2, 0.25) is 0 Å². The highest BCUT2D eigenvalue weighted by Crippen LogP contribution is 2.42. The molecule has 0 saturated carbocycles. The minimum absolute atomic E-state index is 0.282. The zero-order valence-corrected chi connectivity index (χ0v) is 20.2. The van der Waals surface area contributed by atoms with Crippen molar-refractivity contribution < 1.29 is 19.3 Å². The van der Waals surface area contributed by atoms with Crippen molar-refractivity contribution in [2.45, 2.75) is 46.5 Å². The molecule has 0 saturated heterocycles. The molecular formula is C29H33N2O3+. The number of carbonyl (C=O) groups is 1. The zero-order valence-electron chi connectivity index (χ0n) is 20.2. The molecule has 1 aliphatic heterocycles. The van der Waals surface area contributed by atoms with Crippen molar-refractivity contribution in [2.75, 3.05) is 18.4 Å². The smallest absolute Gasteiger partial charge is 0.336 e. The molecule has 0 radical (unpaired) electrons. The average Bonchev–Trinajstić information content (AvgIpc) is 2.83. The summed E-state index contributed by atoms with van der Waals surface area (Å²) < 4.78 is 6.43. The van der Waals surface area contributed by atoms with Crippen LogP contribution in [0.25, 0.3) is 33.4 Å². The molecule has 2 aromatic rings. The Labute approximate surface area is 200 Å². The maximum Gasteiger partial charge on any atom is 0.336 e. The van der Waals surface area contributed by atoms with Crippen molar-refractivity contribution in [3.05, 3.63) is 71.1 Å². The quantitative estimate of drug-likeness (QED) is 0.238. The summed E-state index contributed by atoms with van der Waals surface area (Å²) in [7, 11) is 0. The molecule has 0 aromatic heterocycles. The van der Waals surface area contributed by atoms with Crippen molar-refractivity contribution in [3.8, 4) is 22.5 Å². The predicted molar refractivity (Wildman–Crippen MR) is 137 cm³/mol. The van der Waals surface area contributed by atoms with Gasteiger partial charge in [-0.25, -0.2) is 9.79 Å². The molecule has 3 N–H and O–H groups in total. The minimum Gasteiger partial charge on any atom is -0.478 e. The fourth-order valence-corrected chi connectivity index (χ4v) is 4.33. The standard InChI is InChI=1S/C29H32N2O3/c1-4-6-14-30-20-12-13-23-26(17-20)34-27-18-25(31-15-7-5-2)19(3)16-24(27)28(23)21-10-8-9-11-22(21)29(32)33/h8-13,16-18,30H,4-7,14-15H2,1-3H3,(H,32,33)/p+1. The van der Waals surface area contributed by atoms with Gasteiger partial charge in [0, 0.05) is 46.8 Å². The SMILES string of the molecule is CCCCNc1ccc2c(-c3ccccc3C(=O)O)c3cc(C)c(=[NH+]CCCC)cc-3oc2c1. The van der Waals surface area contributed by atoms with Gasteiger partial charge in [0.2, 0.25) is 5.36 Å². The van der Waals surface area contributed by atoms with Gasteiger partial charge in [-0.2, -0.15) is 0 Å². The molecule has 1 aliphatic carbocycles. The fourth-order valence-electron chi connectivity index (χ4n) is 4.33. The maximum absolute atomic E-state index is 12.1. The highest BCUT2D eigenvalue weighted by atomic mass is 16.4. The summed E-state index contributed by atoms with van der Waals surface area (Å²) >= 11 is 0. The normalized spacial score (nSPS) is 11.9. The second-order valence-electron chi connectivity index (χ2n) is 8.76. The molecule has 5 heteroatoms. The molecule has 0 fully saturated rings. The second-order valence-corrected chi connectivity index (χ2v) is 8.76. The molecule has 0 spiro atoms. The van der Waals surface area contributed by atoms with Gasteiger partial charge in [-0.3, -0.25) is 0 Å². The molecule has 1 heterocycles. The third-order valence-corrected chi connectivity index (χ3v) is 6.20. The number of benzene rings is 3. The van der Waals surface area contributed by atoms with Gasteiger partial charge in [0.05, 0.1) is 11.6 Å². The molecule has 2 aliphatic rings. The van der Waals surface area contributed by atoms with Crippen molar-refractivity contribution in [3.63, 3.8) is 0 Å². The maximum atomic E-state index is 12.1. The van der Waals surface area contributed by atoms with Crippen molar-refractivity contribution in [1.29, 1.82) is 0 Å². The Morgan fingerprint density at radius 3 is 2.56 bits per heavy atom. The van der Waals surface area contributed by atoms with Gasteiger partial charge >= 0.3 is 5.97 Å². The molecule has 2 aromatic carbocycles. The molecular weight excluding hydrogens is 424 g/mol. The number of nitrogens with one attached hydrogen (secondary N) is 2. The number of fused-ring (bicyclic) bond motifs is 2. The minimum atomic E-state index is -0.940. The molecule has 4 rings (SSSR count). The third-order valence-electron chi connectivity index (χ3n) is 6.20. The Hall–Kier alpha value is -3.60. The highest BCUT2D eigenvalue weighted by Gasteiger charge is 2.22. The van der Waals surface area contributed by atoms with Crippen molar-refractivity contribution >= 4 is 22.6 Å². The number of carboxylic acids is 1. The number of aromatic carboxylic acids is 1. The van der Waals surface area contributed by atoms with E-state index in [1.54, 1.807) is 12.1 Å². The summed E-state index contributed by atoms with van der Waals surface area (Å²) in [5, 5.41) is 15.3. The van der Waals surface area contributed by atoms with E-state index in [1.165, 1.54) is 0 Å². The second kappa shape index (κ2) is 10.6. The molecule has 0 atom stereocenters. The highest BCUT2D eigenvalue weighted by molar-refractivity contribution is 6.07. The molecule has 5 nitrogen and oxygen atoms in total. The van der Waals surface area contributed by atoms with Gasteiger partial charge in [0.1, 0.15) is 17.9 Å². The van der Waals surface area contributed by atoms with Crippen LogP contribution in [0.15, 0.2) is 59.0 Å². The van der Waals surface area contributed by atoms with E-state index < -0.39 is 5.97 Å². The van der Waals surface area contributed by atoms with E-state index in [1.807, 2.05) is 36.4 Å². The van der Waals surface area contributed by atoms with Crippen LogP contribution in [-0.2, 0) is 0 Å². The van der Waals surface area contributed by atoms with Gasteiger partial charge in [-0.1, -0.05) is 44.9 Å². The van der Waals surface area contributed by atoms with Gasteiger partial charge in [-0.15, -0.1) is 0 Å². The first-order valence-electron chi connectivity index (χ1n) is 12.2. The number of anilines is 1. The van der Waals surface area contributed by atoms with Crippen molar-refractivity contribution in [2.24, 2.45) is 0 Å². The first kappa shape index (κ1) is 23.6. The number of carboxylic acid groups (broad SMARTS) is 1. The molecule has 0 unspecified atom stereocenters. The molecule has 0 bridgehead atoms. The van der Waals surface area contributed by atoms with Gasteiger partial charge < -0.3 is 14.8 Å². The van der Waals surface area contributed by atoms with E-state index in [2.05, 4.69) is 37.1 Å². The van der Waals surface area contributed by atoms with E-state index >= 15 is 0 Å². The summed E-state index contributed by atoms with van der Waals surface area (Å²) in [4.78, 5) is 15.6. The van der Waals surface area contributed by atoms with E-state index in [0.29, 0.717) is 5.56 Å². The number of unbranched alkanes of at least 4 members (excludes halogenated alkanes) is 2. The molecule has 34 heavy (non-hydrogen) atoms. The van der Waals surface area contributed by atoms with Gasteiger partial charge in [0.15, 0.2) is 0 Å². The van der Waals surface area contributed by atoms with Gasteiger partial charge in [-0.05, 0) is 43.2 Å². The van der Waals surface area contributed by atoms with Crippen LogP contribution < -0.4 is 15.7 Å². The number of hydrogen-bond donors (Lipinski definition) is 3. The van der Waals surface area contributed by atoms with Crippen LogP contribution in [0.1, 0.15) is 55.5 Å². The number of aryl methyl sites for hydroxylation is 1. The van der Waals surface area contributed by atoms with Crippen LogP contribution >= 0.6 is 0 Å². The Morgan fingerprint density at radius 2 is 1.79 bits per heavy atom. The molecule has 0 amide bonds.